The van der Waals surface area contributed by atoms with Gasteiger partial charge in [0.15, 0.2) is 0 Å². The number of hydrogen-bond acceptors (Lipinski definition) is 5. The van der Waals surface area contributed by atoms with Gasteiger partial charge in [0.1, 0.15) is 22.8 Å². The molecule has 33 heavy (non-hydrogen) atoms. The minimum Gasteiger partial charge on any atom is -0.497 e. The van der Waals surface area contributed by atoms with Gasteiger partial charge in [-0.1, -0.05) is 34.1 Å². The van der Waals surface area contributed by atoms with Crippen molar-refractivity contribution in [2.45, 2.75) is 0 Å². The molecule has 0 radical (unpaired) electrons. The molecule has 0 N–H and O–H groups in total. The van der Waals surface area contributed by atoms with Crippen molar-refractivity contribution in [1.29, 1.82) is 0 Å². The summed E-state index contributed by atoms with van der Waals surface area (Å²) in [5.41, 5.74) is 2.19. The van der Waals surface area contributed by atoms with Crippen molar-refractivity contribution in [3.05, 3.63) is 104 Å². The molecule has 0 atom stereocenters. The summed E-state index contributed by atoms with van der Waals surface area (Å²) in [6, 6.07) is 19.5. The van der Waals surface area contributed by atoms with Gasteiger partial charge in [-0.25, -0.2) is 4.79 Å². The number of methoxy groups -OCH3 is 2. The number of esters is 1. The third-order valence-corrected chi connectivity index (χ3v) is 6.22. The summed E-state index contributed by atoms with van der Waals surface area (Å²) < 4.78 is 17.8. The third-order valence-electron chi connectivity index (χ3n) is 5.07. The predicted molar refractivity (Wildman–Crippen MR) is 133 cm³/mol. The highest BCUT2D eigenvalue weighted by atomic mass is 79.9. The highest BCUT2D eigenvalue weighted by molar-refractivity contribution is 9.10. The van der Waals surface area contributed by atoms with Crippen LogP contribution in [0.25, 0.3) is 11.6 Å². The molecule has 0 aromatic heterocycles. The van der Waals surface area contributed by atoms with Crippen molar-refractivity contribution < 1.29 is 23.8 Å². The van der Waals surface area contributed by atoms with Gasteiger partial charge in [-0.05, 0) is 81.7 Å². The number of allylic oxidation sites excluding steroid dienone is 1. The van der Waals surface area contributed by atoms with Crippen molar-refractivity contribution in [3.63, 3.8) is 0 Å². The highest BCUT2D eigenvalue weighted by Gasteiger charge is 2.36. The molecule has 0 amide bonds. The first kappa shape index (κ1) is 23.0. The summed E-state index contributed by atoms with van der Waals surface area (Å²) in [4.78, 5) is 26.3. The van der Waals surface area contributed by atoms with Crippen molar-refractivity contribution >= 4 is 55.3 Å². The lowest BCUT2D eigenvalue weighted by atomic mass is 9.93. The lowest BCUT2D eigenvalue weighted by molar-refractivity contribution is -0.132. The predicted octanol–water partition coefficient (Wildman–Crippen LogP) is 6.46. The van der Waals surface area contributed by atoms with Gasteiger partial charge in [0, 0.05) is 15.6 Å². The van der Waals surface area contributed by atoms with Crippen LogP contribution in [0.2, 0.25) is 0 Å². The average molecular weight is 570 g/mol. The Morgan fingerprint density at radius 1 is 0.939 bits per heavy atom. The summed E-state index contributed by atoms with van der Waals surface area (Å²) in [5.74, 6) is 0.451. The van der Waals surface area contributed by atoms with Crippen molar-refractivity contribution in [1.82, 2.24) is 0 Å². The van der Waals surface area contributed by atoms with Gasteiger partial charge in [-0.2, -0.15) is 0 Å². The number of carbonyl (C=O) groups excluding carboxylic acids is 2. The van der Waals surface area contributed by atoms with Gasteiger partial charge in [0.05, 0.1) is 18.7 Å². The standard InChI is InChI=1S/C26H18Br2O5/c1-31-19-5-3-4-17(14-19)23-22(13-15-6-11-21(32-2)20(28)12-15)33-26(30)24(23)25(29)16-7-9-18(27)10-8-16/h3-14H,1-2H3/b22-13-. The molecule has 1 heterocycles. The number of rotatable bonds is 6. The van der Waals surface area contributed by atoms with E-state index in [1.807, 2.05) is 18.2 Å². The summed E-state index contributed by atoms with van der Waals surface area (Å²) >= 11 is 6.84. The first-order chi connectivity index (χ1) is 15.9. The quantitative estimate of drug-likeness (QED) is 0.194. The molecule has 3 aromatic carbocycles. The topological polar surface area (TPSA) is 61.8 Å². The molecule has 1 aliphatic rings. The van der Waals surface area contributed by atoms with E-state index in [2.05, 4.69) is 31.9 Å². The molecule has 7 heteroatoms. The van der Waals surface area contributed by atoms with Crippen molar-refractivity contribution in [2.75, 3.05) is 14.2 Å². The third kappa shape index (κ3) is 4.79. The Bertz CT molecular complexity index is 1310. The van der Waals surface area contributed by atoms with Crippen LogP contribution in [-0.2, 0) is 9.53 Å². The number of cyclic esters (lactones) is 1. The maximum absolute atomic E-state index is 13.4. The second-order valence-corrected chi connectivity index (χ2v) is 8.88. The monoisotopic (exact) mass is 568 g/mol. The van der Waals surface area contributed by atoms with E-state index in [1.165, 1.54) is 0 Å². The Balaban J connectivity index is 1.89. The fourth-order valence-electron chi connectivity index (χ4n) is 3.47. The van der Waals surface area contributed by atoms with Crippen LogP contribution in [0.5, 0.6) is 11.5 Å². The van der Waals surface area contributed by atoms with E-state index in [0.29, 0.717) is 28.2 Å². The molecule has 0 unspecified atom stereocenters. The van der Waals surface area contributed by atoms with Crippen LogP contribution in [0.1, 0.15) is 21.5 Å². The number of benzene rings is 3. The Morgan fingerprint density at radius 2 is 1.70 bits per heavy atom. The van der Waals surface area contributed by atoms with Crippen LogP contribution in [0.3, 0.4) is 0 Å². The van der Waals surface area contributed by atoms with E-state index < -0.39 is 11.8 Å². The summed E-state index contributed by atoms with van der Waals surface area (Å²) in [5, 5.41) is 0. The second-order valence-electron chi connectivity index (χ2n) is 7.11. The number of carbonyl (C=O) groups is 2. The molecular weight excluding hydrogens is 552 g/mol. The van der Waals surface area contributed by atoms with E-state index >= 15 is 0 Å². The molecule has 4 rings (SSSR count). The minimum atomic E-state index is -0.695. The van der Waals surface area contributed by atoms with Crippen LogP contribution in [-0.4, -0.2) is 26.0 Å². The summed E-state index contributed by atoms with van der Waals surface area (Å²) in [6.07, 6.45) is 1.72. The van der Waals surface area contributed by atoms with Crippen LogP contribution in [0.15, 0.2) is 87.0 Å². The molecule has 3 aromatic rings. The lowest BCUT2D eigenvalue weighted by Gasteiger charge is -2.09. The minimum absolute atomic E-state index is 0.0237. The fourth-order valence-corrected chi connectivity index (χ4v) is 4.29. The van der Waals surface area contributed by atoms with Crippen LogP contribution in [0.4, 0.5) is 0 Å². The average Bonchev–Trinajstić information content (AvgIpc) is 3.14. The maximum Gasteiger partial charge on any atom is 0.348 e. The van der Waals surface area contributed by atoms with Gasteiger partial charge in [0.2, 0.25) is 5.78 Å². The van der Waals surface area contributed by atoms with E-state index in [4.69, 9.17) is 14.2 Å². The lowest BCUT2D eigenvalue weighted by Crippen LogP contribution is -2.11. The molecule has 0 bridgehead atoms. The van der Waals surface area contributed by atoms with Gasteiger partial charge >= 0.3 is 5.97 Å². The van der Waals surface area contributed by atoms with Gasteiger partial charge < -0.3 is 14.2 Å². The number of ketones is 1. The number of hydrogen-bond donors (Lipinski definition) is 0. The number of Topliss-reactive ketones (excluding diaryl/α,β-unsaturated/α-hetero) is 1. The van der Waals surface area contributed by atoms with Crippen LogP contribution >= 0.6 is 31.9 Å². The zero-order valence-corrected chi connectivity index (χ0v) is 20.9. The normalized spacial score (nSPS) is 14.4. The Kier molecular flexibility index (Phi) is 6.81. The van der Waals surface area contributed by atoms with E-state index in [-0.39, 0.29) is 11.3 Å². The molecule has 5 nitrogen and oxygen atoms in total. The largest absolute Gasteiger partial charge is 0.497 e. The first-order valence-electron chi connectivity index (χ1n) is 9.88. The molecule has 0 saturated carbocycles. The fraction of sp³-hybridized carbons (Fsp3) is 0.0769. The Morgan fingerprint density at radius 3 is 2.36 bits per heavy atom. The zero-order valence-electron chi connectivity index (χ0n) is 17.7. The molecule has 1 aliphatic heterocycles. The number of halogens is 2. The van der Waals surface area contributed by atoms with E-state index in [1.54, 1.807) is 68.8 Å². The molecule has 0 aliphatic carbocycles. The first-order valence-corrected chi connectivity index (χ1v) is 11.5. The van der Waals surface area contributed by atoms with Gasteiger partial charge in [-0.3, -0.25) is 4.79 Å². The summed E-state index contributed by atoms with van der Waals surface area (Å²) in [7, 11) is 3.14. The number of ether oxygens (including phenoxy) is 3. The molecular formula is C26H18Br2O5. The zero-order chi connectivity index (χ0) is 23.5. The SMILES string of the molecule is COc1cccc(C2=C(C(=O)c3ccc(Br)cc3)C(=O)O/C2=C\c2ccc(OC)c(Br)c2)c1. The Labute approximate surface area is 207 Å². The molecule has 166 valence electrons. The van der Waals surface area contributed by atoms with Crippen LogP contribution in [0, 0.1) is 0 Å². The van der Waals surface area contributed by atoms with E-state index in [9.17, 15) is 9.59 Å². The van der Waals surface area contributed by atoms with E-state index in [0.717, 1.165) is 14.5 Å². The molecule has 0 saturated heterocycles. The Hall–Kier alpha value is -3.16. The van der Waals surface area contributed by atoms with Gasteiger partial charge in [0.25, 0.3) is 0 Å². The van der Waals surface area contributed by atoms with Gasteiger partial charge in [-0.15, -0.1) is 0 Å². The second kappa shape index (κ2) is 9.77. The van der Waals surface area contributed by atoms with Crippen molar-refractivity contribution in [2.24, 2.45) is 0 Å². The van der Waals surface area contributed by atoms with Crippen LogP contribution < -0.4 is 9.47 Å². The van der Waals surface area contributed by atoms with Crippen molar-refractivity contribution in [3.8, 4) is 11.5 Å². The summed E-state index contributed by atoms with van der Waals surface area (Å²) in [6.45, 7) is 0. The molecule has 0 spiro atoms. The molecule has 0 fully saturated rings. The highest BCUT2D eigenvalue weighted by Crippen LogP contribution is 2.39. The smallest absolute Gasteiger partial charge is 0.348 e. The maximum atomic E-state index is 13.4.